The number of unbranched alkanes of at least 4 members (excludes halogenated alkanes) is 2. The number of carbonyl (C=O) groups excluding carboxylic acids is 1. The van der Waals surface area contributed by atoms with Crippen LogP contribution in [0.3, 0.4) is 0 Å². The minimum Gasteiger partial charge on any atom is -0.481 e. The maximum atomic E-state index is 12.1. The number of amides is 1. The summed E-state index contributed by atoms with van der Waals surface area (Å²) in [7, 11) is 0. The van der Waals surface area contributed by atoms with Gasteiger partial charge in [-0.1, -0.05) is 19.8 Å². The summed E-state index contributed by atoms with van der Waals surface area (Å²) in [5.41, 5.74) is 0.469. The third kappa shape index (κ3) is 4.61. The number of rotatable bonds is 8. The summed E-state index contributed by atoms with van der Waals surface area (Å²) in [5.74, 6) is -1.06. The Morgan fingerprint density at radius 1 is 1.33 bits per heavy atom. The Morgan fingerprint density at radius 2 is 2.11 bits per heavy atom. The van der Waals surface area contributed by atoms with Crippen LogP contribution in [0.2, 0.25) is 0 Å². The van der Waals surface area contributed by atoms with E-state index in [1.807, 2.05) is 0 Å². The van der Waals surface area contributed by atoms with E-state index in [9.17, 15) is 9.59 Å². The zero-order valence-electron chi connectivity index (χ0n) is 10.6. The first kappa shape index (κ1) is 14.3. The molecule has 0 saturated carbocycles. The minimum absolute atomic E-state index is 0.0320. The molecule has 0 aromatic carbocycles. The van der Waals surface area contributed by atoms with Gasteiger partial charge in [-0.15, -0.1) is 0 Å². The number of aliphatic carboxylic acids is 1. The quantitative estimate of drug-likeness (QED) is 0.722. The molecule has 1 aromatic rings. The van der Waals surface area contributed by atoms with Crippen LogP contribution in [-0.4, -0.2) is 35.0 Å². The van der Waals surface area contributed by atoms with Gasteiger partial charge in [0.2, 0.25) is 0 Å². The van der Waals surface area contributed by atoms with Crippen LogP contribution < -0.4 is 0 Å². The van der Waals surface area contributed by atoms with E-state index in [1.165, 1.54) is 12.5 Å². The Hall–Kier alpha value is -1.78. The van der Waals surface area contributed by atoms with Crippen molar-refractivity contribution in [3.63, 3.8) is 0 Å². The van der Waals surface area contributed by atoms with Crippen LogP contribution >= 0.6 is 0 Å². The topological polar surface area (TPSA) is 70.8 Å². The zero-order chi connectivity index (χ0) is 13.4. The summed E-state index contributed by atoms with van der Waals surface area (Å²) in [6.07, 6.45) is 5.77. The lowest BCUT2D eigenvalue weighted by molar-refractivity contribution is -0.137. The number of nitrogens with zero attached hydrogens (tertiary/aromatic N) is 1. The van der Waals surface area contributed by atoms with Crippen molar-refractivity contribution in [2.45, 2.75) is 32.6 Å². The van der Waals surface area contributed by atoms with Crippen LogP contribution in [-0.2, 0) is 4.79 Å². The van der Waals surface area contributed by atoms with Gasteiger partial charge in [-0.25, -0.2) is 0 Å². The third-order valence-corrected chi connectivity index (χ3v) is 2.68. The highest BCUT2D eigenvalue weighted by Gasteiger charge is 2.17. The van der Waals surface area contributed by atoms with Gasteiger partial charge in [-0.3, -0.25) is 9.59 Å². The highest BCUT2D eigenvalue weighted by molar-refractivity contribution is 5.94. The Morgan fingerprint density at radius 3 is 2.67 bits per heavy atom. The molecule has 0 aliphatic rings. The molecule has 1 heterocycles. The number of hydrogen-bond acceptors (Lipinski definition) is 3. The molecular formula is C13H19NO4. The van der Waals surface area contributed by atoms with Crippen molar-refractivity contribution in [2.24, 2.45) is 0 Å². The molecule has 0 fully saturated rings. The van der Waals surface area contributed by atoms with Crippen molar-refractivity contribution in [2.75, 3.05) is 13.1 Å². The second-order valence-electron chi connectivity index (χ2n) is 4.16. The van der Waals surface area contributed by atoms with Crippen molar-refractivity contribution in [3.8, 4) is 0 Å². The van der Waals surface area contributed by atoms with Gasteiger partial charge in [0.25, 0.3) is 5.91 Å². The van der Waals surface area contributed by atoms with Gasteiger partial charge in [-0.05, 0) is 12.5 Å². The van der Waals surface area contributed by atoms with Gasteiger partial charge in [0.1, 0.15) is 6.26 Å². The van der Waals surface area contributed by atoms with Crippen LogP contribution in [0.1, 0.15) is 43.0 Å². The van der Waals surface area contributed by atoms with E-state index in [4.69, 9.17) is 9.52 Å². The molecule has 100 valence electrons. The summed E-state index contributed by atoms with van der Waals surface area (Å²) in [4.78, 5) is 24.3. The van der Waals surface area contributed by atoms with Gasteiger partial charge in [-0.2, -0.15) is 0 Å². The molecule has 0 saturated heterocycles. The van der Waals surface area contributed by atoms with Crippen LogP contribution in [0, 0.1) is 0 Å². The molecule has 5 heteroatoms. The molecule has 0 radical (unpaired) electrons. The molecule has 18 heavy (non-hydrogen) atoms. The second-order valence-corrected chi connectivity index (χ2v) is 4.16. The Kier molecular flexibility index (Phi) is 5.97. The summed E-state index contributed by atoms with van der Waals surface area (Å²) in [6, 6.07) is 1.59. The van der Waals surface area contributed by atoms with E-state index in [-0.39, 0.29) is 18.9 Å². The fourth-order valence-electron chi connectivity index (χ4n) is 1.67. The van der Waals surface area contributed by atoms with Crippen molar-refractivity contribution in [3.05, 3.63) is 24.2 Å². The molecule has 0 aliphatic heterocycles. The van der Waals surface area contributed by atoms with Gasteiger partial charge in [0.15, 0.2) is 0 Å². The molecule has 0 bridgehead atoms. The van der Waals surface area contributed by atoms with Gasteiger partial charge in [0.05, 0.1) is 18.2 Å². The normalized spacial score (nSPS) is 10.3. The van der Waals surface area contributed by atoms with E-state index in [0.717, 1.165) is 19.3 Å². The fraction of sp³-hybridized carbons (Fsp3) is 0.538. The van der Waals surface area contributed by atoms with Crippen LogP contribution in [0.25, 0.3) is 0 Å². The zero-order valence-corrected chi connectivity index (χ0v) is 10.6. The monoisotopic (exact) mass is 253 g/mol. The molecule has 0 spiro atoms. The lowest BCUT2D eigenvalue weighted by Crippen LogP contribution is -2.33. The molecule has 1 aromatic heterocycles. The molecule has 0 atom stereocenters. The predicted octanol–water partition coefficient (Wildman–Crippen LogP) is 2.39. The summed E-state index contributed by atoms with van der Waals surface area (Å²) in [6.45, 7) is 2.91. The second kappa shape index (κ2) is 7.53. The largest absolute Gasteiger partial charge is 0.481 e. The van der Waals surface area contributed by atoms with Crippen molar-refractivity contribution < 1.29 is 19.1 Å². The Balaban J connectivity index is 2.57. The smallest absolute Gasteiger partial charge is 0.305 e. The van der Waals surface area contributed by atoms with Crippen molar-refractivity contribution in [1.82, 2.24) is 4.90 Å². The van der Waals surface area contributed by atoms with Gasteiger partial charge in [0, 0.05) is 13.1 Å². The average Bonchev–Trinajstić information content (AvgIpc) is 2.86. The first-order valence-corrected chi connectivity index (χ1v) is 6.18. The van der Waals surface area contributed by atoms with Crippen LogP contribution in [0.15, 0.2) is 23.0 Å². The Labute approximate surface area is 106 Å². The highest BCUT2D eigenvalue weighted by atomic mass is 16.4. The molecule has 1 rings (SSSR count). The first-order valence-electron chi connectivity index (χ1n) is 6.18. The van der Waals surface area contributed by atoms with E-state index in [1.54, 1.807) is 11.0 Å². The molecular weight excluding hydrogens is 234 g/mol. The van der Waals surface area contributed by atoms with Crippen LogP contribution in [0.4, 0.5) is 0 Å². The molecule has 5 nitrogen and oxygen atoms in total. The van der Waals surface area contributed by atoms with E-state index in [2.05, 4.69) is 6.92 Å². The van der Waals surface area contributed by atoms with E-state index in [0.29, 0.717) is 12.1 Å². The lowest BCUT2D eigenvalue weighted by Gasteiger charge is -2.21. The minimum atomic E-state index is -0.893. The highest BCUT2D eigenvalue weighted by Crippen LogP contribution is 2.08. The fourth-order valence-corrected chi connectivity index (χ4v) is 1.67. The maximum Gasteiger partial charge on any atom is 0.305 e. The summed E-state index contributed by atoms with van der Waals surface area (Å²) >= 11 is 0. The number of hydrogen-bond donors (Lipinski definition) is 1. The van der Waals surface area contributed by atoms with Crippen molar-refractivity contribution >= 4 is 11.9 Å². The standard InChI is InChI=1S/C13H19NO4/c1-2-3-4-7-14(8-5-12(15)16)13(17)11-6-9-18-10-11/h6,9-10H,2-5,7-8H2,1H3,(H,15,16). The molecule has 1 N–H and O–H groups in total. The summed E-state index contributed by atoms with van der Waals surface area (Å²) in [5, 5.41) is 8.69. The maximum absolute atomic E-state index is 12.1. The summed E-state index contributed by atoms with van der Waals surface area (Å²) < 4.78 is 4.87. The van der Waals surface area contributed by atoms with Gasteiger partial charge >= 0.3 is 5.97 Å². The molecule has 0 aliphatic carbocycles. The number of furan rings is 1. The molecule has 1 amide bonds. The lowest BCUT2D eigenvalue weighted by atomic mass is 10.2. The number of carboxylic acids is 1. The molecule has 0 unspecified atom stereocenters. The SMILES string of the molecule is CCCCCN(CCC(=O)O)C(=O)c1ccoc1. The first-order chi connectivity index (χ1) is 8.65. The van der Waals surface area contributed by atoms with E-state index >= 15 is 0 Å². The Bertz CT molecular complexity index is 372. The number of carboxylic acid groups (broad SMARTS) is 1. The predicted molar refractivity (Wildman–Crippen MR) is 66.4 cm³/mol. The van der Waals surface area contributed by atoms with E-state index < -0.39 is 5.97 Å². The number of carbonyl (C=O) groups is 2. The average molecular weight is 253 g/mol. The third-order valence-electron chi connectivity index (χ3n) is 2.68. The van der Waals surface area contributed by atoms with Crippen LogP contribution in [0.5, 0.6) is 0 Å². The van der Waals surface area contributed by atoms with Crippen molar-refractivity contribution in [1.29, 1.82) is 0 Å². The van der Waals surface area contributed by atoms with Gasteiger partial charge < -0.3 is 14.4 Å².